The third-order valence-corrected chi connectivity index (χ3v) is 7.25. The molecule has 33 heavy (non-hydrogen) atoms. The summed E-state index contributed by atoms with van der Waals surface area (Å²) in [6.45, 7) is 8.88. The molecule has 0 aliphatic carbocycles. The summed E-state index contributed by atoms with van der Waals surface area (Å²) in [7, 11) is 0. The van der Waals surface area contributed by atoms with Crippen molar-refractivity contribution in [2.24, 2.45) is 5.92 Å². The van der Waals surface area contributed by atoms with Crippen molar-refractivity contribution in [2.45, 2.75) is 52.5 Å². The summed E-state index contributed by atoms with van der Waals surface area (Å²) in [5, 5.41) is 0. The molecule has 1 atom stereocenters. The average Bonchev–Trinajstić information content (AvgIpc) is 3.35. The SMILES string of the molecule is Cc1ccc(N2CC(c3nc4ccccc4n3CC(=O)N3CCC(C)CC3)CC2=O)c(C)c1. The van der Waals surface area contributed by atoms with Crippen LogP contribution in [0.5, 0.6) is 0 Å². The summed E-state index contributed by atoms with van der Waals surface area (Å²) >= 11 is 0. The van der Waals surface area contributed by atoms with Gasteiger partial charge < -0.3 is 14.4 Å². The van der Waals surface area contributed by atoms with E-state index in [-0.39, 0.29) is 24.3 Å². The Morgan fingerprint density at radius 1 is 1.09 bits per heavy atom. The number of anilines is 1. The maximum Gasteiger partial charge on any atom is 0.242 e. The predicted octanol–water partition coefficient (Wildman–Crippen LogP) is 4.43. The zero-order valence-corrected chi connectivity index (χ0v) is 19.8. The molecule has 0 spiro atoms. The van der Waals surface area contributed by atoms with Crippen LogP contribution in [0.4, 0.5) is 5.69 Å². The van der Waals surface area contributed by atoms with Crippen LogP contribution >= 0.6 is 0 Å². The van der Waals surface area contributed by atoms with Gasteiger partial charge in [0.1, 0.15) is 12.4 Å². The predicted molar refractivity (Wildman–Crippen MR) is 130 cm³/mol. The maximum atomic E-state index is 13.2. The fourth-order valence-corrected chi connectivity index (χ4v) is 5.29. The number of carbonyl (C=O) groups excluding carboxylic acids is 2. The number of aryl methyl sites for hydroxylation is 2. The Labute approximate surface area is 195 Å². The Kier molecular flexibility index (Phi) is 5.69. The second-order valence-electron chi connectivity index (χ2n) is 9.80. The van der Waals surface area contributed by atoms with Gasteiger partial charge >= 0.3 is 0 Å². The summed E-state index contributed by atoms with van der Waals surface area (Å²) in [5.41, 5.74) is 5.10. The van der Waals surface area contributed by atoms with Gasteiger partial charge in [-0.25, -0.2) is 4.98 Å². The lowest BCUT2D eigenvalue weighted by Crippen LogP contribution is -2.40. The Morgan fingerprint density at radius 3 is 2.61 bits per heavy atom. The molecule has 3 aromatic rings. The zero-order valence-electron chi connectivity index (χ0n) is 19.8. The van der Waals surface area contributed by atoms with Crippen LogP contribution in [0, 0.1) is 19.8 Å². The molecule has 2 fully saturated rings. The zero-order chi connectivity index (χ0) is 23.1. The van der Waals surface area contributed by atoms with E-state index in [0.717, 1.165) is 54.0 Å². The van der Waals surface area contributed by atoms with E-state index in [0.29, 0.717) is 18.9 Å². The van der Waals surface area contributed by atoms with Crippen LogP contribution < -0.4 is 4.90 Å². The first-order valence-corrected chi connectivity index (χ1v) is 12.0. The molecule has 2 aromatic carbocycles. The third-order valence-electron chi connectivity index (χ3n) is 7.25. The van der Waals surface area contributed by atoms with E-state index in [2.05, 4.69) is 37.5 Å². The molecule has 2 aliphatic rings. The van der Waals surface area contributed by atoms with E-state index in [1.54, 1.807) is 0 Å². The molecule has 1 aromatic heterocycles. The first-order valence-electron chi connectivity index (χ1n) is 12.0. The number of fused-ring (bicyclic) bond motifs is 1. The fourth-order valence-electron chi connectivity index (χ4n) is 5.29. The molecular weight excluding hydrogens is 412 g/mol. The highest BCUT2D eigenvalue weighted by Gasteiger charge is 2.36. The summed E-state index contributed by atoms with van der Waals surface area (Å²) in [5.74, 6) is 1.73. The maximum absolute atomic E-state index is 13.2. The topological polar surface area (TPSA) is 58.4 Å². The van der Waals surface area contributed by atoms with Gasteiger partial charge in [-0.2, -0.15) is 0 Å². The molecule has 2 amide bonds. The molecule has 2 aliphatic heterocycles. The molecule has 6 heteroatoms. The Bertz CT molecular complexity index is 1210. The molecule has 1 unspecified atom stereocenters. The highest BCUT2D eigenvalue weighted by Crippen LogP contribution is 2.35. The smallest absolute Gasteiger partial charge is 0.242 e. The minimum absolute atomic E-state index is 0.0419. The number of imidazole rings is 1. The van der Waals surface area contributed by atoms with Crippen LogP contribution in [0.2, 0.25) is 0 Å². The van der Waals surface area contributed by atoms with Crippen LogP contribution in [0.3, 0.4) is 0 Å². The van der Waals surface area contributed by atoms with Crippen molar-refractivity contribution in [2.75, 3.05) is 24.5 Å². The number of likely N-dealkylation sites (tertiary alicyclic amines) is 1. The lowest BCUT2D eigenvalue weighted by atomic mass is 9.99. The van der Waals surface area contributed by atoms with E-state index in [1.165, 1.54) is 5.56 Å². The molecule has 6 nitrogen and oxygen atoms in total. The molecule has 0 saturated carbocycles. The lowest BCUT2D eigenvalue weighted by Gasteiger charge is -2.30. The van der Waals surface area contributed by atoms with E-state index in [1.807, 2.05) is 40.1 Å². The van der Waals surface area contributed by atoms with Gasteiger partial charge in [0, 0.05) is 37.7 Å². The summed E-state index contributed by atoms with van der Waals surface area (Å²) in [6, 6.07) is 14.2. The van der Waals surface area contributed by atoms with Crippen molar-refractivity contribution in [3.8, 4) is 0 Å². The van der Waals surface area contributed by atoms with E-state index in [9.17, 15) is 9.59 Å². The van der Waals surface area contributed by atoms with Gasteiger partial charge in [0.2, 0.25) is 11.8 Å². The number of para-hydroxylation sites is 2. The van der Waals surface area contributed by atoms with Crippen molar-refractivity contribution < 1.29 is 9.59 Å². The summed E-state index contributed by atoms with van der Waals surface area (Å²) < 4.78 is 2.05. The number of hydrogen-bond donors (Lipinski definition) is 0. The number of carbonyl (C=O) groups is 2. The number of benzene rings is 2. The number of nitrogens with zero attached hydrogens (tertiary/aromatic N) is 4. The molecule has 3 heterocycles. The Hall–Kier alpha value is -3.15. The van der Waals surface area contributed by atoms with Crippen LogP contribution in [-0.2, 0) is 16.1 Å². The van der Waals surface area contributed by atoms with E-state index in [4.69, 9.17) is 4.98 Å². The number of aromatic nitrogens is 2. The number of rotatable bonds is 4. The molecule has 5 rings (SSSR count). The monoisotopic (exact) mass is 444 g/mol. The number of piperidine rings is 1. The van der Waals surface area contributed by atoms with Gasteiger partial charge in [-0.1, -0.05) is 36.8 Å². The van der Waals surface area contributed by atoms with E-state index < -0.39 is 0 Å². The Balaban J connectivity index is 1.45. The van der Waals surface area contributed by atoms with E-state index >= 15 is 0 Å². The highest BCUT2D eigenvalue weighted by molar-refractivity contribution is 5.97. The first kappa shape index (κ1) is 21.7. The van der Waals surface area contributed by atoms with Crippen LogP contribution in [0.25, 0.3) is 11.0 Å². The van der Waals surface area contributed by atoms with Crippen molar-refractivity contribution >= 4 is 28.5 Å². The minimum atomic E-state index is -0.0419. The molecule has 0 N–H and O–H groups in total. The summed E-state index contributed by atoms with van der Waals surface area (Å²) in [6.07, 6.45) is 2.53. The fraction of sp³-hybridized carbons (Fsp3) is 0.444. The van der Waals surface area contributed by atoms with Gasteiger partial charge in [0.25, 0.3) is 0 Å². The standard InChI is InChI=1S/C27H32N4O2/c1-18-10-12-29(13-11-18)26(33)17-31-24-7-5-4-6-22(24)28-27(31)21-15-25(32)30(16-21)23-9-8-19(2)14-20(23)3/h4-9,14,18,21H,10-13,15-17H2,1-3H3. The molecule has 2 saturated heterocycles. The molecule has 172 valence electrons. The van der Waals surface area contributed by atoms with Gasteiger partial charge in [0.15, 0.2) is 0 Å². The van der Waals surface area contributed by atoms with Gasteiger partial charge in [-0.05, 0) is 56.4 Å². The molecule has 0 bridgehead atoms. The van der Waals surface area contributed by atoms with Crippen LogP contribution in [-0.4, -0.2) is 45.9 Å². The molecular formula is C27H32N4O2. The van der Waals surface area contributed by atoms with Crippen LogP contribution in [0.15, 0.2) is 42.5 Å². The number of amides is 2. The number of hydrogen-bond acceptors (Lipinski definition) is 3. The van der Waals surface area contributed by atoms with Gasteiger partial charge in [-0.15, -0.1) is 0 Å². The van der Waals surface area contributed by atoms with Crippen LogP contribution in [0.1, 0.15) is 49.1 Å². The largest absolute Gasteiger partial charge is 0.341 e. The second kappa shape index (κ2) is 8.65. The van der Waals surface area contributed by atoms with Crippen molar-refractivity contribution in [3.05, 3.63) is 59.4 Å². The van der Waals surface area contributed by atoms with Crippen molar-refractivity contribution in [1.82, 2.24) is 14.5 Å². The normalized spacial score (nSPS) is 19.6. The lowest BCUT2D eigenvalue weighted by molar-refractivity contribution is -0.133. The minimum Gasteiger partial charge on any atom is -0.341 e. The van der Waals surface area contributed by atoms with Crippen molar-refractivity contribution in [1.29, 1.82) is 0 Å². The average molecular weight is 445 g/mol. The van der Waals surface area contributed by atoms with Crippen molar-refractivity contribution in [3.63, 3.8) is 0 Å². The summed E-state index contributed by atoms with van der Waals surface area (Å²) in [4.78, 5) is 35.0. The highest BCUT2D eigenvalue weighted by atomic mass is 16.2. The molecule has 0 radical (unpaired) electrons. The first-order chi connectivity index (χ1) is 15.9. The van der Waals surface area contributed by atoms with Gasteiger partial charge in [-0.3, -0.25) is 9.59 Å². The van der Waals surface area contributed by atoms with Gasteiger partial charge in [0.05, 0.1) is 11.0 Å². The third kappa shape index (κ3) is 4.14. The second-order valence-corrected chi connectivity index (χ2v) is 9.80. The quantitative estimate of drug-likeness (QED) is 0.598. The Morgan fingerprint density at radius 2 is 1.85 bits per heavy atom.